The van der Waals surface area contributed by atoms with E-state index in [-0.39, 0.29) is 5.69 Å². The van der Waals surface area contributed by atoms with Gasteiger partial charge < -0.3 is 20.0 Å². The van der Waals surface area contributed by atoms with Crippen molar-refractivity contribution in [2.75, 3.05) is 0 Å². The molecule has 0 fully saturated rings. The standard InChI is InChI=1S/C17H20N4O2/c1-20-9-12(13-6-2-3-7-15(13)20)5-4-8-16(22)21-10-14(17(18)23)19-11-21/h2-3,6-7,9-11,16,22H,4-5,8H2,1H3,(H2,18,23). The summed E-state index contributed by atoms with van der Waals surface area (Å²) >= 11 is 0. The van der Waals surface area contributed by atoms with Crippen LogP contribution in [0.15, 0.2) is 43.0 Å². The Morgan fingerprint density at radius 1 is 1.35 bits per heavy atom. The fourth-order valence-electron chi connectivity index (χ4n) is 2.88. The molecule has 23 heavy (non-hydrogen) atoms. The number of nitrogens with two attached hydrogens (primary N) is 1. The maximum atomic E-state index is 11.0. The lowest BCUT2D eigenvalue weighted by molar-refractivity contribution is 0.0918. The van der Waals surface area contributed by atoms with Crippen LogP contribution < -0.4 is 5.73 Å². The van der Waals surface area contributed by atoms with Crippen LogP contribution in [-0.4, -0.2) is 25.1 Å². The second-order valence-electron chi connectivity index (χ2n) is 5.73. The third-order valence-corrected chi connectivity index (χ3v) is 4.09. The van der Waals surface area contributed by atoms with Crippen LogP contribution in [0.1, 0.15) is 35.1 Å². The molecule has 1 unspecified atom stereocenters. The first kappa shape index (κ1) is 15.3. The molecule has 0 spiro atoms. The normalized spacial score (nSPS) is 12.6. The largest absolute Gasteiger partial charge is 0.373 e. The number of imidazole rings is 1. The number of fused-ring (bicyclic) bond motifs is 1. The van der Waals surface area contributed by atoms with Crippen molar-refractivity contribution < 1.29 is 9.90 Å². The molecule has 2 aromatic heterocycles. The lowest BCUT2D eigenvalue weighted by atomic mass is 10.1. The summed E-state index contributed by atoms with van der Waals surface area (Å²) in [6.45, 7) is 0. The van der Waals surface area contributed by atoms with Crippen LogP contribution in [0.3, 0.4) is 0 Å². The van der Waals surface area contributed by atoms with Crippen LogP contribution in [0, 0.1) is 0 Å². The van der Waals surface area contributed by atoms with Gasteiger partial charge in [0.25, 0.3) is 5.91 Å². The SMILES string of the molecule is Cn1cc(CCCC(O)n2cnc(C(N)=O)c2)c2ccccc21. The fraction of sp³-hybridized carbons (Fsp3) is 0.294. The highest BCUT2D eigenvalue weighted by Crippen LogP contribution is 2.23. The molecule has 0 aliphatic rings. The van der Waals surface area contributed by atoms with Crippen LogP contribution in [-0.2, 0) is 13.5 Å². The van der Waals surface area contributed by atoms with Crippen molar-refractivity contribution in [3.05, 3.63) is 54.2 Å². The van der Waals surface area contributed by atoms with Crippen LogP contribution in [0.5, 0.6) is 0 Å². The van der Waals surface area contributed by atoms with E-state index in [1.807, 2.05) is 19.2 Å². The lowest BCUT2D eigenvalue weighted by Crippen LogP contribution is -2.11. The van der Waals surface area contributed by atoms with Gasteiger partial charge in [0.1, 0.15) is 11.9 Å². The third-order valence-electron chi connectivity index (χ3n) is 4.09. The molecule has 3 aromatic rings. The summed E-state index contributed by atoms with van der Waals surface area (Å²) in [4.78, 5) is 14.9. The highest BCUT2D eigenvalue weighted by Gasteiger charge is 2.11. The van der Waals surface area contributed by atoms with E-state index in [0.717, 1.165) is 12.8 Å². The number of amides is 1. The smallest absolute Gasteiger partial charge is 0.268 e. The van der Waals surface area contributed by atoms with Crippen molar-refractivity contribution in [3.8, 4) is 0 Å². The zero-order valence-corrected chi connectivity index (χ0v) is 13.0. The van der Waals surface area contributed by atoms with Gasteiger partial charge in [-0.05, 0) is 30.9 Å². The zero-order valence-electron chi connectivity index (χ0n) is 13.0. The fourth-order valence-corrected chi connectivity index (χ4v) is 2.88. The highest BCUT2D eigenvalue weighted by molar-refractivity contribution is 5.90. The monoisotopic (exact) mass is 312 g/mol. The number of aliphatic hydroxyl groups excluding tert-OH is 1. The quantitative estimate of drug-likeness (QED) is 0.730. The molecule has 1 amide bonds. The summed E-state index contributed by atoms with van der Waals surface area (Å²) in [6.07, 6.45) is 6.64. The molecule has 3 rings (SSSR count). The van der Waals surface area contributed by atoms with E-state index in [9.17, 15) is 9.90 Å². The molecule has 0 aliphatic heterocycles. The lowest BCUT2D eigenvalue weighted by Gasteiger charge is -2.11. The number of benzene rings is 1. The van der Waals surface area contributed by atoms with Crippen molar-refractivity contribution in [1.29, 1.82) is 0 Å². The first-order valence-corrected chi connectivity index (χ1v) is 7.60. The Morgan fingerprint density at radius 3 is 2.87 bits per heavy atom. The van der Waals surface area contributed by atoms with Crippen LogP contribution in [0.2, 0.25) is 0 Å². The van der Waals surface area contributed by atoms with Gasteiger partial charge in [0.05, 0.1) is 6.33 Å². The Labute approximate surface area is 134 Å². The Hall–Kier alpha value is -2.60. The third kappa shape index (κ3) is 3.12. The molecule has 0 aliphatic carbocycles. The van der Waals surface area contributed by atoms with E-state index >= 15 is 0 Å². The minimum absolute atomic E-state index is 0.165. The maximum Gasteiger partial charge on any atom is 0.268 e. The van der Waals surface area contributed by atoms with E-state index < -0.39 is 12.1 Å². The number of carbonyl (C=O) groups is 1. The zero-order chi connectivity index (χ0) is 16.4. The molecule has 6 nitrogen and oxygen atoms in total. The number of nitrogens with zero attached hydrogens (tertiary/aromatic N) is 3. The van der Waals surface area contributed by atoms with Gasteiger partial charge in [0.2, 0.25) is 0 Å². The number of hydrogen-bond acceptors (Lipinski definition) is 3. The summed E-state index contributed by atoms with van der Waals surface area (Å²) < 4.78 is 3.64. The predicted octanol–water partition coefficient (Wildman–Crippen LogP) is 1.99. The number of aryl methyl sites for hydroxylation is 2. The minimum Gasteiger partial charge on any atom is -0.373 e. The van der Waals surface area contributed by atoms with Gasteiger partial charge in [0.15, 0.2) is 0 Å². The second kappa shape index (κ2) is 6.26. The molecule has 120 valence electrons. The number of aliphatic hydroxyl groups is 1. The van der Waals surface area contributed by atoms with Crippen molar-refractivity contribution in [3.63, 3.8) is 0 Å². The van der Waals surface area contributed by atoms with E-state index in [1.165, 1.54) is 33.6 Å². The van der Waals surface area contributed by atoms with Gasteiger partial charge in [-0.25, -0.2) is 4.98 Å². The Kier molecular flexibility index (Phi) is 4.16. The molecular weight excluding hydrogens is 292 g/mol. The molecular formula is C17H20N4O2. The Bertz CT molecular complexity index is 834. The molecule has 0 saturated carbocycles. The molecule has 0 bridgehead atoms. The van der Waals surface area contributed by atoms with Crippen LogP contribution >= 0.6 is 0 Å². The molecule has 0 radical (unpaired) electrons. The number of para-hydroxylation sites is 1. The summed E-state index contributed by atoms with van der Waals surface area (Å²) in [7, 11) is 2.04. The first-order chi connectivity index (χ1) is 11.1. The van der Waals surface area contributed by atoms with Gasteiger partial charge in [-0.15, -0.1) is 0 Å². The molecule has 1 atom stereocenters. The second-order valence-corrected chi connectivity index (χ2v) is 5.73. The summed E-state index contributed by atoms with van der Waals surface area (Å²) in [5.74, 6) is -0.591. The molecule has 0 saturated heterocycles. The van der Waals surface area contributed by atoms with Crippen LogP contribution in [0.4, 0.5) is 0 Å². The van der Waals surface area contributed by atoms with E-state index in [1.54, 1.807) is 0 Å². The van der Waals surface area contributed by atoms with Gasteiger partial charge in [-0.3, -0.25) is 4.79 Å². The average molecular weight is 312 g/mol. The number of aromatic nitrogens is 3. The van der Waals surface area contributed by atoms with Crippen molar-refractivity contribution in [1.82, 2.24) is 14.1 Å². The molecule has 1 aromatic carbocycles. The molecule has 2 heterocycles. The molecule has 6 heteroatoms. The molecule has 3 N–H and O–H groups in total. The van der Waals surface area contributed by atoms with Gasteiger partial charge >= 0.3 is 0 Å². The van der Waals surface area contributed by atoms with Crippen LogP contribution in [0.25, 0.3) is 10.9 Å². The Balaban J connectivity index is 1.63. The van der Waals surface area contributed by atoms with Gasteiger partial charge in [-0.1, -0.05) is 18.2 Å². The van der Waals surface area contributed by atoms with Gasteiger partial charge in [0, 0.05) is 30.3 Å². The predicted molar refractivity (Wildman–Crippen MR) is 87.9 cm³/mol. The van der Waals surface area contributed by atoms with E-state index in [4.69, 9.17) is 5.73 Å². The summed E-state index contributed by atoms with van der Waals surface area (Å²) in [5.41, 5.74) is 7.81. The van der Waals surface area contributed by atoms with E-state index in [0.29, 0.717) is 6.42 Å². The van der Waals surface area contributed by atoms with Crippen molar-refractivity contribution in [2.24, 2.45) is 12.8 Å². The average Bonchev–Trinajstić information content (AvgIpc) is 3.14. The number of hydrogen-bond donors (Lipinski definition) is 2. The number of rotatable bonds is 6. The Morgan fingerprint density at radius 2 is 2.13 bits per heavy atom. The van der Waals surface area contributed by atoms with Crippen molar-refractivity contribution in [2.45, 2.75) is 25.5 Å². The highest BCUT2D eigenvalue weighted by atomic mass is 16.3. The van der Waals surface area contributed by atoms with Gasteiger partial charge in [-0.2, -0.15) is 0 Å². The number of carbonyl (C=O) groups excluding carboxylic acids is 1. The summed E-state index contributed by atoms with van der Waals surface area (Å²) in [6, 6.07) is 8.30. The first-order valence-electron chi connectivity index (χ1n) is 7.60. The topological polar surface area (TPSA) is 86.1 Å². The number of primary amides is 1. The summed E-state index contributed by atoms with van der Waals surface area (Å²) in [5, 5.41) is 11.4. The minimum atomic E-state index is -0.703. The van der Waals surface area contributed by atoms with Crippen molar-refractivity contribution >= 4 is 16.8 Å². The van der Waals surface area contributed by atoms with E-state index in [2.05, 4.69) is 27.9 Å². The maximum absolute atomic E-state index is 11.0.